The van der Waals surface area contributed by atoms with Crippen molar-refractivity contribution in [3.63, 3.8) is 0 Å². The second-order valence-corrected chi connectivity index (χ2v) is 9.13. The van der Waals surface area contributed by atoms with Crippen LogP contribution in [0.4, 0.5) is 24.9 Å². The Balaban J connectivity index is 1.75. The van der Waals surface area contributed by atoms with Crippen LogP contribution in [0.25, 0.3) is 0 Å². The fourth-order valence-electron chi connectivity index (χ4n) is 4.65. The molecule has 0 saturated heterocycles. The number of imidazole rings is 1. The lowest BCUT2D eigenvalue weighted by molar-refractivity contribution is -0.137. The topological polar surface area (TPSA) is 67.2 Å². The number of amides is 1. The maximum absolute atomic E-state index is 13.2. The van der Waals surface area contributed by atoms with Gasteiger partial charge in [-0.05, 0) is 37.0 Å². The van der Waals surface area contributed by atoms with Crippen molar-refractivity contribution in [3.05, 3.63) is 41.1 Å². The molecule has 1 aliphatic heterocycles. The van der Waals surface area contributed by atoms with E-state index >= 15 is 0 Å². The predicted octanol–water partition coefficient (Wildman–Crippen LogP) is 5.27. The van der Waals surface area contributed by atoms with Crippen molar-refractivity contribution in [2.45, 2.75) is 70.6 Å². The maximum atomic E-state index is 13.2. The molecular formula is C24H29F3N4O2. The van der Waals surface area contributed by atoms with Crippen LogP contribution in [0.15, 0.2) is 24.3 Å². The summed E-state index contributed by atoms with van der Waals surface area (Å²) in [5.74, 6) is 0.275. The molecule has 1 unspecified atom stereocenters. The molecule has 178 valence electrons. The average molecular weight is 463 g/mol. The number of carbonyl (C=O) groups excluding carboxylic acids is 2. The fraction of sp³-hybridized carbons (Fsp3) is 0.542. The van der Waals surface area contributed by atoms with Crippen molar-refractivity contribution in [1.29, 1.82) is 0 Å². The van der Waals surface area contributed by atoms with Crippen LogP contribution < -0.4 is 10.2 Å². The normalized spacial score (nSPS) is 20.4. The summed E-state index contributed by atoms with van der Waals surface area (Å²) in [5.41, 5.74) is 0.228. The second kappa shape index (κ2) is 9.19. The number of carbonyl (C=O) groups is 2. The zero-order valence-electron chi connectivity index (χ0n) is 18.9. The van der Waals surface area contributed by atoms with E-state index < -0.39 is 11.7 Å². The molecule has 9 heteroatoms. The third-order valence-corrected chi connectivity index (χ3v) is 6.65. The van der Waals surface area contributed by atoms with Crippen molar-refractivity contribution in [3.8, 4) is 0 Å². The molecule has 0 spiro atoms. The van der Waals surface area contributed by atoms with Gasteiger partial charge in [-0.15, -0.1) is 0 Å². The number of nitrogens with zero attached hydrogens (tertiary/aromatic N) is 3. The van der Waals surface area contributed by atoms with Gasteiger partial charge >= 0.3 is 6.18 Å². The number of hydrogen-bond donors (Lipinski definition) is 1. The summed E-state index contributed by atoms with van der Waals surface area (Å²) >= 11 is 0. The highest BCUT2D eigenvalue weighted by atomic mass is 19.4. The summed E-state index contributed by atoms with van der Waals surface area (Å²) in [4.78, 5) is 32.1. The number of halogens is 3. The Hall–Kier alpha value is -2.84. The standard InChI is InChI=1S/C24H29F3N4O2/c1-15-8-13-19(32)20-21(30(2)22(15)33)29-23(28-18-6-4-3-5-7-18)31(20)14-16-9-11-17(12-10-16)24(25,26)27/h9-12,15,18H,3-8,13-14H2,1-2H3,(H,28,29). The minimum Gasteiger partial charge on any atom is -0.353 e. The molecule has 4 rings (SSSR count). The second-order valence-electron chi connectivity index (χ2n) is 9.13. The summed E-state index contributed by atoms with van der Waals surface area (Å²) < 4.78 is 40.7. The van der Waals surface area contributed by atoms with Gasteiger partial charge in [0.1, 0.15) is 5.69 Å². The lowest BCUT2D eigenvalue weighted by Gasteiger charge is -2.24. The van der Waals surface area contributed by atoms with Gasteiger partial charge < -0.3 is 9.88 Å². The molecule has 1 amide bonds. The zero-order valence-corrected chi connectivity index (χ0v) is 18.9. The Bertz CT molecular complexity index is 1020. The van der Waals surface area contributed by atoms with Crippen LogP contribution in [-0.4, -0.2) is 34.3 Å². The lowest BCUT2D eigenvalue weighted by atomic mass is 9.96. The van der Waals surface area contributed by atoms with Crippen LogP contribution >= 0.6 is 0 Å². The van der Waals surface area contributed by atoms with Crippen LogP contribution in [-0.2, 0) is 17.5 Å². The number of fused-ring (bicyclic) bond motifs is 1. The molecule has 1 saturated carbocycles. The van der Waals surface area contributed by atoms with E-state index in [0.717, 1.165) is 37.8 Å². The van der Waals surface area contributed by atoms with Gasteiger partial charge in [0.15, 0.2) is 11.6 Å². The zero-order chi connectivity index (χ0) is 23.8. The average Bonchev–Trinajstić information content (AvgIpc) is 3.13. The Labute approximate surface area is 191 Å². The first-order chi connectivity index (χ1) is 15.6. The molecule has 33 heavy (non-hydrogen) atoms. The van der Waals surface area contributed by atoms with Gasteiger partial charge in [0.05, 0.1) is 12.1 Å². The number of anilines is 2. The van der Waals surface area contributed by atoms with E-state index in [1.807, 2.05) is 0 Å². The van der Waals surface area contributed by atoms with Crippen LogP contribution in [0.2, 0.25) is 0 Å². The van der Waals surface area contributed by atoms with Crippen molar-refractivity contribution in [2.24, 2.45) is 5.92 Å². The van der Waals surface area contributed by atoms with Gasteiger partial charge in [-0.3, -0.25) is 14.5 Å². The van der Waals surface area contributed by atoms with Gasteiger partial charge in [0.25, 0.3) is 0 Å². The van der Waals surface area contributed by atoms with E-state index in [9.17, 15) is 22.8 Å². The van der Waals surface area contributed by atoms with E-state index in [-0.39, 0.29) is 36.6 Å². The van der Waals surface area contributed by atoms with E-state index in [1.165, 1.54) is 23.5 Å². The number of benzene rings is 1. The minimum atomic E-state index is -4.41. The monoisotopic (exact) mass is 462 g/mol. The minimum absolute atomic E-state index is 0.104. The van der Waals surface area contributed by atoms with E-state index in [0.29, 0.717) is 29.4 Å². The number of Topliss-reactive ketones (excluding diaryl/α,β-unsaturated/α-hetero) is 1. The number of rotatable bonds is 4. The first-order valence-corrected chi connectivity index (χ1v) is 11.5. The summed E-state index contributed by atoms with van der Waals surface area (Å²) in [6.45, 7) is 1.98. The molecular weight excluding hydrogens is 433 g/mol. The Morgan fingerprint density at radius 2 is 1.73 bits per heavy atom. The molecule has 1 fully saturated rings. The van der Waals surface area contributed by atoms with Crippen molar-refractivity contribution >= 4 is 23.5 Å². The van der Waals surface area contributed by atoms with Gasteiger partial charge in [-0.1, -0.05) is 38.3 Å². The van der Waals surface area contributed by atoms with Gasteiger partial charge in [0.2, 0.25) is 11.9 Å². The molecule has 2 heterocycles. The summed E-state index contributed by atoms with van der Waals surface area (Å²) in [6, 6.07) is 5.13. The van der Waals surface area contributed by atoms with Crippen molar-refractivity contribution < 1.29 is 22.8 Å². The fourth-order valence-corrected chi connectivity index (χ4v) is 4.65. The Morgan fingerprint density at radius 1 is 1.06 bits per heavy atom. The summed E-state index contributed by atoms with van der Waals surface area (Å²) in [5, 5.41) is 3.45. The summed E-state index contributed by atoms with van der Waals surface area (Å²) in [7, 11) is 1.62. The van der Waals surface area contributed by atoms with E-state index in [1.54, 1.807) is 18.5 Å². The predicted molar refractivity (Wildman–Crippen MR) is 119 cm³/mol. The highest BCUT2D eigenvalue weighted by Crippen LogP contribution is 2.33. The number of hydrogen-bond acceptors (Lipinski definition) is 4. The summed E-state index contributed by atoms with van der Waals surface area (Å²) in [6.07, 6.45) is 1.61. The smallest absolute Gasteiger partial charge is 0.353 e. The molecule has 1 aliphatic carbocycles. The number of alkyl halides is 3. The number of aromatic nitrogens is 2. The molecule has 1 N–H and O–H groups in total. The van der Waals surface area contributed by atoms with Crippen LogP contribution in [0.3, 0.4) is 0 Å². The van der Waals surface area contributed by atoms with Gasteiger partial charge in [-0.25, -0.2) is 0 Å². The first kappa shape index (κ1) is 23.3. The van der Waals surface area contributed by atoms with E-state index in [4.69, 9.17) is 0 Å². The lowest BCUT2D eigenvalue weighted by Crippen LogP contribution is -2.35. The molecule has 0 radical (unpaired) electrons. The molecule has 2 aliphatic rings. The quantitative estimate of drug-likeness (QED) is 0.672. The molecule has 6 nitrogen and oxygen atoms in total. The molecule has 1 aromatic heterocycles. The SMILES string of the molecule is CC1CCC(=O)c2c(nc(NC3CCCCC3)n2Cc2ccc(C(F)(F)F)cc2)N(C)C1=O. The highest BCUT2D eigenvalue weighted by Gasteiger charge is 2.34. The molecule has 1 aromatic carbocycles. The van der Waals surface area contributed by atoms with Gasteiger partial charge in [-0.2, -0.15) is 18.2 Å². The molecule has 0 bridgehead atoms. The first-order valence-electron chi connectivity index (χ1n) is 11.5. The number of nitrogens with one attached hydrogen (secondary N) is 1. The van der Waals surface area contributed by atoms with Gasteiger partial charge in [0, 0.05) is 25.4 Å². The van der Waals surface area contributed by atoms with Crippen LogP contribution in [0, 0.1) is 5.92 Å². The van der Waals surface area contributed by atoms with Crippen molar-refractivity contribution in [2.75, 3.05) is 17.3 Å². The maximum Gasteiger partial charge on any atom is 0.416 e. The third-order valence-electron chi connectivity index (χ3n) is 6.65. The Morgan fingerprint density at radius 3 is 2.36 bits per heavy atom. The number of ketones is 1. The van der Waals surface area contributed by atoms with E-state index in [2.05, 4.69) is 10.3 Å². The van der Waals surface area contributed by atoms with Crippen molar-refractivity contribution in [1.82, 2.24) is 9.55 Å². The largest absolute Gasteiger partial charge is 0.416 e. The Kier molecular flexibility index (Phi) is 6.50. The highest BCUT2D eigenvalue weighted by molar-refractivity contribution is 6.06. The third kappa shape index (κ3) is 4.91. The van der Waals surface area contributed by atoms with Crippen LogP contribution in [0.5, 0.6) is 0 Å². The molecule has 1 atom stereocenters. The molecule has 2 aromatic rings. The van der Waals surface area contributed by atoms with Crippen LogP contribution in [0.1, 0.15) is 73.5 Å².